The summed E-state index contributed by atoms with van der Waals surface area (Å²) in [7, 11) is 0. The molecule has 230 valence electrons. The summed E-state index contributed by atoms with van der Waals surface area (Å²) in [6, 6.07) is 13.9. The second-order valence-corrected chi connectivity index (χ2v) is 23.6. The van der Waals surface area contributed by atoms with E-state index in [9.17, 15) is 0 Å². The second kappa shape index (κ2) is 17.1. The minimum atomic E-state index is -2.44. The highest BCUT2D eigenvalue weighted by Crippen LogP contribution is 2.41. The summed E-state index contributed by atoms with van der Waals surface area (Å²) < 4.78 is 2.11. The average molecular weight is 772 g/mol. The van der Waals surface area contributed by atoms with Gasteiger partial charge in [0.2, 0.25) is 7.59 Å². The van der Waals surface area contributed by atoms with Crippen LogP contribution in [-0.4, -0.2) is 27.6 Å². The maximum Gasteiger partial charge on any atom is 0.341 e. The van der Waals surface area contributed by atoms with Gasteiger partial charge < -0.3 is 4.74 Å². The Labute approximate surface area is 292 Å². The smallest absolute Gasteiger partial charge is 0.341 e. The number of hydrogen-bond acceptors (Lipinski definition) is 4. The van der Waals surface area contributed by atoms with E-state index in [2.05, 4.69) is 15.0 Å². The first-order valence-corrected chi connectivity index (χ1v) is 21.0. The van der Waals surface area contributed by atoms with Crippen LogP contribution in [0, 0.1) is 0 Å². The van der Waals surface area contributed by atoms with Crippen molar-refractivity contribution in [2.75, 3.05) is 6.61 Å². The first-order valence-electron chi connectivity index (χ1n) is 13.5. The molecule has 0 bridgehead atoms. The van der Waals surface area contributed by atoms with E-state index in [1.54, 1.807) is 0 Å². The van der Waals surface area contributed by atoms with Crippen LogP contribution in [0.5, 0.6) is 5.75 Å². The second-order valence-electron chi connectivity index (χ2n) is 9.80. The van der Waals surface area contributed by atoms with Gasteiger partial charge in [-0.3, -0.25) is 0 Å². The fourth-order valence-electron chi connectivity index (χ4n) is 4.17. The molecule has 0 aliphatic heterocycles. The normalized spacial score (nSPS) is 12.5. The largest absolute Gasteiger partial charge is 0.494 e. The molecule has 0 radical (unpaired) electrons. The molecule has 0 spiro atoms. The Hall–Kier alpha value is 0.0769. The summed E-state index contributed by atoms with van der Waals surface area (Å²) >= 11 is 53.6. The third-order valence-corrected chi connectivity index (χ3v) is 9.98. The zero-order valence-electron chi connectivity index (χ0n) is 22.5. The van der Waals surface area contributed by atoms with Gasteiger partial charge in [0.25, 0.3) is 0 Å². The zero-order chi connectivity index (χ0) is 30.8. The number of unbranched alkanes of at least 4 members (excludes halogenated alkanes) is 8. The molecule has 3 rings (SSSR count). The predicted molar refractivity (Wildman–Crippen MR) is 184 cm³/mol. The van der Waals surface area contributed by atoms with Gasteiger partial charge in [0.15, 0.2) is 17.5 Å². The number of ether oxygens (including phenoxy) is 1. The van der Waals surface area contributed by atoms with Gasteiger partial charge in [0, 0.05) is 5.56 Å². The molecule has 0 saturated heterocycles. The molecule has 2 aromatic carbocycles. The van der Waals surface area contributed by atoms with E-state index < -0.39 is 13.6 Å². The van der Waals surface area contributed by atoms with Gasteiger partial charge in [-0.05, 0) is 35.7 Å². The van der Waals surface area contributed by atoms with E-state index in [4.69, 9.17) is 108 Å². The summed E-state index contributed by atoms with van der Waals surface area (Å²) in [4.78, 5) is 12.5. The Kier molecular flexibility index (Phi) is 14.9. The lowest BCUT2D eigenvalue weighted by atomic mass is 10.0. The highest BCUT2D eigenvalue weighted by molar-refractivity contribution is 7.64. The van der Waals surface area contributed by atoms with Crippen molar-refractivity contribution in [1.29, 1.82) is 0 Å². The number of rotatable bonds is 15. The van der Waals surface area contributed by atoms with Gasteiger partial charge in [-0.25, -0.2) is 15.0 Å². The standard InChI is InChI=1S/C28H30Cl9N3OSi/c29-27(30,31)25-38-24(39-26(40-25)28(32,33)34)22-12-10-20(11-13-22)21-14-16-23(17-15-21)41-18-8-6-4-2-1-3-5-7-9-19-42(35,36)37/h10-17H,1-9,18-19H2. The molecule has 0 amide bonds. The van der Waals surface area contributed by atoms with Crippen molar-refractivity contribution in [2.24, 2.45) is 0 Å². The maximum absolute atomic E-state index is 5.98. The van der Waals surface area contributed by atoms with Crippen LogP contribution >= 0.6 is 103 Å². The topological polar surface area (TPSA) is 47.9 Å². The van der Waals surface area contributed by atoms with Gasteiger partial charge in [0.05, 0.1) is 6.61 Å². The molecule has 1 heterocycles. The first kappa shape index (κ1) is 36.5. The highest BCUT2D eigenvalue weighted by atomic mass is 35.8. The Morgan fingerprint density at radius 2 is 0.929 bits per heavy atom. The fraction of sp³-hybridized carbons (Fsp3) is 0.464. The van der Waals surface area contributed by atoms with Crippen molar-refractivity contribution in [3.63, 3.8) is 0 Å². The molecular weight excluding hydrogens is 741 g/mol. The molecular formula is C28H30Cl9N3OSi. The van der Waals surface area contributed by atoms with E-state index in [1.807, 2.05) is 48.5 Å². The van der Waals surface area contributed by atoms with Crippen molar-refractivity contribution in [1.82, 2.24) is 15.0 Å². The van der Waals surface area contributed by atoms with E-state index >= 15 is 0 Å². The summed E-state index contributed by atoms with van der Waals surface area (Å²) in [6.07, 6.45) is 10.6. The number of alkyl halides is 6. The molecule has 1 aromatic heterocycles. The van der Waals surface area contributed by atoms with Gasteiger partial charge >= 0.3 is 6.00 Å². The lowest BCUT2D eigenvalue weighted by Gasteiger charge is -2.15. The molecule has 3 aromatic rings. The number of aromatic nitrogens is 3. The summed E-state index contributed by atoms with van der Waals surface area (Å²) in [5.41, 5.74) is 2.67. The van der Waals surface area contributed by atoms with Crippen LogP contribution in [0.3, 0.4) is 0 Å². The van der Waals surface area contributed by atoms with Crippen LogP contribution < -0.4 is 4.74 Å². The number of benzene rings is 2. The minimum absolute atomic E-state index is 0.138. The maximum atomic E-state index is 5.98. The van der Waals surface area contributed by atoms with Gasteiger partial charge in [-0.15, -0.1) is 33.2 Å². The van der Waals surface area contributed by atoms with E-state index in [0.29, 0.717) is 12.2 Å². The molecule has 0 saturated carbocycles. The summed E-state index contributed by atoms with van der Waals surface area (Å²) in [5.74, 6) is 0.789. The number of halogens is 9. The van der Waals surface area contributed by atoms with Gasteiger partial charge in [0.1, 0.15) is 5.75 Å². The molecule has 14 heteroatoms. The molecule has 4 nitrogen and oxygen atoms in total. The molecule has 0 fully saturated rings. The molecule has 42 heavy (non-hydrogen) atoms. The van der Waals surface area contributed by atoms with Crippen molar-refractivity contribution < 1.29 is 4.74 Å². The van der Waals surface area contributed by atoms with Crippen molar-refractivity contribution >= 4 is 109 Å². The Morgan fingerprint density at radius 1 is 0.524 bits per heavy atom. The molecule has 0 N–H and O–H groups in total. The monoisotopic (exact) mass is 767 g/mol. The van der Waals surface area contributed by atoms with Crippen molar-refractivity contribution in [3.8, 4) is 28.3 Å². The summed E-state index contributed by atoms with van der Waals surface area (Å²) in [5, 5.41) is 0. The number of nitrogens with zero attached hydrogens (tertiary/aromatic N) is 3. The van der Waals surface area contributed by atoms with Crippen LogP contribution in [-0.2, 0) is 7.59 Å². The Balaban J connectivity index is 1.43. The quantitative estimate of drug-likeness (QED) is 0.0668. The van der Waals surface area contributed by atoms with E-state index in [0.717, 1.165) is 48.6 Å². The predicted octanol–water partition coefficient (Wildman–Crippen LogP) is 12.4. The first-order chi connectivity index (χ1) is 19.7. The van der Waals surface area contributed by atoms with Crippen LogP contribution in [0.15, 0.2) is 48.5 Å². The average Bonchev–Trinajstić information content (AvgIpc) is 2.92. The van der Waals surface area contributed by atoms with Crippen LogP contribution in [0.1, 0.15) is 69.4 Å². The summed E-state index contributed by atoms with van der Waals surface area (Å²) in [6.45, 7) is 0.702. The molecule has 0 unspecified atom stereocenters. The van der Waals surface area contributed by atoms with E-state index in [-0.39, 0.29) is 17.5 Å². The molecule has 0 aliphatic rings. The van der Waals surface area contributed by atoms with Crippen LogP contribution in [0.4, 0.5) is 0 Å². The van der Waals surface area contributed by atoms with Gasteiger partial charge in [-0.1, -0.05) is 157 Å². The van der Waals surface area contributed by atoms with Crippen molar-refractivity contribution in [3.05, 3.63) is 60.2 Å². The SMILES string of the molecule is ClC(Cl)(Cl)c1nc(-c2ccc(-c3ccc(OCCCCCCCCCCC[Si](Cl)(Cl)Cl)cc3)cc2)nc(C(Cl)(Cl)Cl)n1. The zero-order valence-corrected chi connectivity index (χ0v) is 30.4. The Bertz CT molecular complexity index is 1210. The Morgan fingerprint density at radius 3 is 1.38 bits per heavy atom. The fourth-order valence-corrected chi connectivity index (χ4v) is 6.53. The van der Waals surface area contributed by atoms with Crippen LogP contribution in [0.25, 0.3) is 22.5 Å². The minimum Gasteiger partial charge on any atom is -0.494 e. The highest BCUT2D eigenvalue weighted by Gasteiger charge is 2.34. The molecule has 0 atom stereocenters. The lowest BCUT2D eigenvalue weighted by molar-refractivity contribution is 0.304. The van der Waals surface area contributed by atoms with Gasteiger partial charge in [-0.2, -0.15) is 0 Å². The third kappa shape index (κ3) is 13.2. The lowest BCUT2D eigenvalue weighted by Crippen LogP contribution is -2.16. The number of hydrogen-bond donors (Lipinski definition) is 0. The third-order valence-electron chi connectivity index (χ3n) is 6.35. The van der Waals surface area contributed by atoms with Crippen molar-refractivity contribution in [2.45, 2.75) is 71.4 Å². The molecule has 0 aliphatic carbocycles. The van der Waals surface area contributed by atoms with Crippen LogP contribution in [0.2, 0.25) is 6.04 Å². The van der Waals surface area contributed by atoms with E-state index in [1.165, 1.54) is 32.1 Å².